The monoisotopic (exact) mass is 271 g/mol. The summed E-state index contributed by atoms with van der Waals surface area (Å²) in [6, 6.07) is 0.0502. The number of likely N-dealkylation sites (tertiary alicyclic amines) is 1. The van der Waals surface area contributed by atoms with Crippen molar-refractivity contribution >= 4 is 5.91 Å². The smallest absolute Gasteiger partial charge is 0.237 e. The maximum absolute atomic E-state index is 11.5. The maximum Gasteiger partial charge on any atom is 0.237 e. The predicted molar refractivity (Wildman–Crippen MR) is 83.9 cm³/mol. The fourth-order valence-corrected chi connectivity index (χ4v) is 2.34. The summed E-state index contributed by atoms with van der Waals surface area (Å²) >= 11 is 0. The van der Waals surface area contributed by atoms with Gasteiger partial charge in [-0.25, -0.2) is 0 Å². The van der Waals surface area contributed by atoms with Crippen LogP contribution >= 0.6 is 0 Å². The summed E-state index contributed by atoms with van der Waals surface area (Å²) in [4.78, 5) is 13.8. The third kappa shape index (κ3) is 6.10. The van der Waals surface area contributed by atoms with Gasteiger partial charge in [-0.2, -0.15) is 0 Å². The maximum atomic E-state index is 11.5. The van der Waals surface area contributed by atoms with Crippen molar-refractivity contribution in [3.63, 3.8) is 0 Å². The zero-order valence-electron chi connectivity index (χ0n) is 13.0. The minimum absolute atomic E-state index is 0. The molecule has 0 aromatic carbocycles. The van der Waals surface area contributed by atoms with Crippen molar-refractivity contribution in [3.8, 4) is 0 Å². The van der Waals surface area contributed by atoms with Crippen molar-refractivity contribution in [2.45, 2.75) is 65.5 Å². The molecule has 0 radical (unpaired) electrons. The lowest BCUT2D eigenvalue weighted by atomic mass is 10.0. The molecule has 2 atom stereocenters. The number of piperidine rings is 1. The van der Waals surface area contributed by atoms with E-state index in [1.807, 2.05) is 20.8 Å². The standard InChI is InChI=1S/C13H25N3O.C2H6.H2/c1-4-15-13(17)12(14)9-11(3)16-8-6-5-7-10(16)2;1-2;/h10,12H,3-9,14H2,1-2H3,(H,15,17);1-2H3;1H/t10-,12-;;/m0../s1. The minimum Gasteiger partial charge on any atom is -0.373 e. The Hall–Kier alpha value is -1.03. The lowest BCUT2D eigenvalue weighted by Gasteiger charge is -2.37. The van der Waals surface area contributed by atoms with Crippen LogP contribution in [-0.4, -0.2) is 36.0 Å². The molecular weight excluding hydrogens is 238 g/mol. The molecule has 0 bridgehead atoms. The van der Waals surface area contributed by atoms with E-state index in [1.165, 1.54) is 19.3 Å². The first-order valence-electron chi connectivity index (χ1n) is 7.54. The van der Waals surface area contributed by atoms with E-state index >= 15 is 0 Å². The van der Waals surface area contributed by atoms with Gasteiger partial charge < -0.3 is 16.0 Å². The van der Waals surface area contributed by atoms with Crippen molar-refractivity contribution in [1.29, 1.82) is 0 Å². The van der Waals surface area contributed by atoms with Crippen molar-refractivity contribution < 1.29 is 6.22 Å². The number of rotatable bonds is 5. The highest BCUT2D eigenvalue weighted by Crippen LogP contribution is 2.22. The minimum atomic E-state index is -0.475. The van der Waals surface area contributed by atoms with Crippen molar-refractivity contribution in [2.75, 3.05) is 13.1 Å². The number of hydrogen-bond donors (Lipinski definition) is 2. The van der Waals surface area contributed by atoms with Gasteiger partial charge in [-0.15, -0.1) is 0 Å². The Morgan fingerprint density at radius 2 is 2.16 bits per heavy atom. The SMILES string of the molecule is C=C(C[C@H](N)C(=O)NCC)N1CCCC[C@@H]1C.CC.[HH]. The molecule has 4 nitrogen and oxygen atoms in total. The molecule has 1 aliphatic rings. The van der Waals surface area contributed by atoms with Crippen LogP contribution in [0.2, 0.25) is 0 Å². The van der Waals surface area contributed by atoms with E-state index in [-0.39, 0.29) is 7.33 Å². The number of likely N-dealkylation sites (N-methyl/N-ethyl adjacent to an activating group) is 1. The van der Waals surface area contributed by atoms with Crippen LogP contribution in [0.1, 0.15) is 54.8 Å². The largest absolute Gasteiger partial charge is 0.373 e. The number of hydrogen-bond acceptors (Lipinski definition) is 3. The molecule has 1 saturated heterocycles. The normalized spacial score (nSPS) is 20.1. The third-order valence-electron chi connectivity index (χ3n) is 3.35. The zero-order valence-corrected chi connectivity index (χ0v) is 13.0. The molecule has 4 heteroatoms. The summed E-state index contributed by atoms with van der Waals surface area (Å²) < 4.78 is 0. The highest BCUT2D eigenvalue weighted by Gasteiger charge is 2.22. The van der Waals surface area contributed by atoms with Crippen molar-refractivity contribution in [2.24, 2.45) is 5.73 Å². The molecule has 1 rings (SSSR count). The second-order valence-electron chi connectivity index (χ2n) is 4.81. The Morgan fingerprint density at radius 3 is 2.68 bits per heavy atom. The van der Waals surface area contributed by atoms with Crippen LogP contribution in [-0.2, 0) is 4.79 Å². The molecule has 19 heavy (non-hydrogen) atoms. The van der Waals surface area contributed by atoms with E-state index in [4.69, 9.17) is 5.73 Å². The highest BCUT2D eigenvalue weighted by atomic mass is 16.2. The van der Waals surface area contributed by atoms with Crippen LogP contribution in [0.15, 0.2) is 12.3 Å². The number of nitrogens with two attached hydrogens (primary N) is 1. The fraction of sp³-hybridized carbons (Fsp3) is 0.800. The Kier molecular flexibility index (Phi) is 9.31. The zero-order chi connectivity index (χ0) is 14.8. The summed E-state index contributed by atoms with van der Waals surface area (Å²) in [6.07, 6.45) is 4.25. The lowest BCUT2D eigenvalue weighted by Crippen LogP contribution is -2.43. The number of nitrogens with one attached hydrogen (secondary N) is 1. The van der Waals surface area contributed by atoms with Crippen LogP contribution in [0, 0.1) is 0 Å². The van der Waals surface area contributed by atoms with E-state index in [0.29, 0.717) is 19.0 Å². The molecular formula is C15H33N3O. The van der Waals surface area contributed by atoms with Gasteiger partial charge in [0.05, 0.1) is 6.04 Å². The quantitative estimate of drug-likeness (QED) is 0.807. The molecule has 0 aromatic rings. The summed E-state index contributed by atoms with van der Waals surface area (Å²) in [6.45, 7) is 13.9. The molecule has 1 fully saturated rings. The fourth-order valence-electron chi connectivity index (χ4n) is 2.34. The van der Waals surface area contributed by atoms with Gasteiger partial charge in [0.1, 0.15) is 0 Å². The summed E-state index contributed by atoms with van der Waals surface area (Å²) in [5.74, 6) is -0.0849. The van der Waals surface area contributed by atoms with Crippen LogP contribution < -0.4 is 11.1 Å². The Bertz CT molecular complexity index is 284. The van der Waals surface area contributed by atoms with E-state index in [2.05, 4.69) is 23.7 Å². The first-order valence-corrected chi connectivity index (χ1v) is 7.54. The highest BCUT2D eigenvalue weighted by molar-refractivity contribution is 5.81. The number of nitrogens with zero attached hydrogens (tertiary/aromatic N) is 1. The molecule has 0 aliphatic carbocycles. The van der Waals surface area contributed by atoms with Gasteiger partial charge in [0, 0.05) is 32.7 Å². The van der Waals surface area contributed by atoms with Crippen LogP contribution in [0.25, 0.3) is 0 Å². The molecule has 1 amide bonds. The molecule has 0 aromatic heterocycles. The van der Waals surface area contributed by atoms with Crippen molar-refractivity contribution in [3.05, 3.63) is 12.3 Å². The van der Waals surface area contributed by atoms with Gasteiger partial charge in [0.2, 0.25) is 5.91 Å². The van der Waals surface area contributed by atoms with Gasteiger partial charge in [-0.1, -0.05) is 20.4 Å². The molecule has 0 spiro atoms. The first kappa shape index (κ1) is 18.0. The Balaban J connectivity index is 0. The van der Waals surface area contributed by atoms with E-state index in [0.717, 1.165) is 12.2 Å². The van der Waals surface area contributed by atoms with Gasteiger partial charge in [0.15, 0.2) is 0 Å². The van der Waals surface area contributed by atoms with Gasteiger partial charge in [-0.3, -0.25) is 4.79 Å². The van der Waals surface area contributed by atoms with Crippen molar-refractivity contribution in [1.82, 2.24) is 10.2 Å². The van der Waals surface area contributed by atoms with Crippen LogP contribution in [0.4, 0.5) is 0 Å². The van der Waals surface area contributed by atoms with E-state index in [1.54, 1.807) is 0 Å². The molecule has 0 saturated carbocycles. The van der Waals surface area contributed by atoms with Gasteiger partial charge in [-0.05, 0) is 33.1 Å². The number of carbonyl (C=O) groups excluding carboxylic acids is 1. The second kappa shape index (κ2) is 9.84. The average molecular weight is 271 g/mol. The van der Waals surface area contributed by atoms with E-state index in [9.17, 15) is 4.79 Å². The van der Waals surface area contributed by atoms with Gasteiger partial charge >= 0.3 is 0 Å². The summed E-state index contributed by atoms with van der Waals surface area (Å²) in [7, 11) is 0. The van der Waals surface area contributed by atoms with Gasteiger partial charge in [0.25, 0.3) is 0 Å². The molecule has 0 unspecified atom stereocenters. The summed E-state index contributed by atoms with van der Waals surface area (Å²) in [5, 5.41) is 2.74. The number of carbonyl (C=O) groups is 1. The topological polar surface area (TPSA) is 58.4 Å². The van der Waals surface area contributed by atoms with E-state index < -0.39 is 6.04 Å². The lowest BCUT2D eigenvalue weighted by molar-refractivity contribution is -0.122. The number of amides is 1. The van der Waals surface area contributed by atoms with Crippen LogP contribution in [0.5, 0.6) is 0 Å². The Morgan fingerprint density at radius 1 is 1.53 bits per heavy atom. The second-order valence-corrected chi connectivity index (χ2v) is 4.81. The average Bonchev–Trinajstić information content (AvgIpc) is 2.41. The first-order chi connectivity index (χ1) is 9.06. The molecule has 114 valence electrons. The summed E-state index contributed by atoms with van der Waals surface area (Å²) in [5.41, 5.74) is 6.85. The molecule has 1 heterocycles. The molecule has 3 N–H and O–H groups in total. The third-order valence-corrected chi connectivity index (χ3v) is 3.35. The predicted octanol–water partition coefficient (Wildman–Crippen LogP) is 2.50. The molecule has 1 aliphatic heterocycles. The Labute approximate surface area is 119 Å². The van der Waals surface area contributed by atoms with Crippen LogP contribution in [0.3, 0.4) is 0 Å².